The van der Waals surface area contributed by atoms with Crippen molar-refractivity contribution >= 4 is 27.0 Å². The van der Waals surface area contributed by atoms with Gasteiger partial charge in [-0.15, -0.1) is 0 Å². The Morgan fingerprint density at radius 1 is 1.08 bits per heavy atom. The molecule has 0 saturated heterocycles. The van der Waals surface area contributed by atoms with Crippen LogP contribution in [0.25, 0.3) is 22.2 Å². The van der Waals surface area contributed by atoms with Crippen LogP contribution in [0.1, 0.15) is 0 Å². The van der Waals surface area contributed by atoms with Gasteiger partial charge in [0, 0.05) is 30.1 Å². The van der Waals surface area contributed by atoms with Gasteiger partial charge in [-0.2, -0.15) is 8.42 Å². The molecule has 0 unspecified atom stereocenters. The number of fused-ring (bicyclic) bond motifs is 1. The first-order chi connectivity index (χ1) is 12.0. The second-order valence-corrected chi connectivity index (χ2v) is 6.58. The molecule has 25 heavy (non-hydrogen) atoms. The molecule has 0 aliphatic carbocycles. The number of hydrogen-bond acceptors (Lipinski definition) is 7. The number of methoxy groups -OCH3 is 2. The third kappa shape index (κ3) is 3.35. The van der Waals surface area contributed by atoms with E-state index >= 15 is 0 Å². The molecule has 10 heteroatoms. The Hall–Kier alpha value is -2.85. The second-order valence-electron chi connectivity index (χ2n) is 4.96. The van der Waals surface area contributed by atoms with Gasteiger partial charge in [0.1, 0.15) is 12.6 Å². The highest BCUT2D eigenvalue weighted by molar-refractivity contribution is 7.90. The molecule has 132 valence electrons. The van der Waals surface area contributed by atoms with E-state index in [1.54, 1.807) is 19.2 Å². The van der Waals surface area contributed by atoms with Gasteiger partial charge in [-0.1, -0.05) is 0 Å². The Balaban J connectivity index is 2.09. The number of ether oxygens (including phenoxy) is 2. The molecular weight excluding hydrogens is 348 g/mol. The first-order valence-electron chi connectivity index (χ1n) is 7.14. The number of nitrogens with one attached hydrogen (secondary N) is 2. The Labute approximate surface area is 144 Å². The molecule has 0 bridgehead atoms. The maximum Gasteiger partial charge on any atom is 0.301 e. The number of anilines is 1. The maximum atomic E-state index is 11.5. The molecule has 0 atom stereocenters. The normalized spacial score (nSPS) is 11.5. The van der Waals surface area contributed by atoms with Crippen LogP contribution in [0.2, 0.25) is 0 Å². The van der Waals surface area contributed by atoms with Crippen molar-refractivity contribution in [3.05, 3.63) is 30.8 Å². The molecule has 3 aromatic rings. The van der Waals surface area contributed by atoms with Gasteiger partial charge in [0.25, 0.3) is 0 Å². The molecule has 9 nitrogen and oxygen atoms in total. The van der Waals surface area contributed by atoms with Crippen molar-refractivity contribution in [3.63, 3.8) is 0 Å². The third-order valence-corrected chi connectivity index (χ3v) is 4.52. The van der Waals surface area contributed by atoms with Crippen LogP contribution in [-0.4, -0.2) is 39.7 Å². The van der Waals surface area contributed by atoms with E-state index in [0.717, 1.165) is 0 Å². The highest BCUT2D eigenvalue weighted by Crippen LogP contribution is 2.36. The summed E-state index contributed by atoms with van der Waals surface area (Å²) in [5.41, 5.74) is 1.82. The Morgan fingerprint density at radius 2 is 1.80 bits per heavy atom. The first-order valence-corrected chi connectivity index (χ1v) is 8.62. The molecule has 0 saturated carbocycles. The Kier molecular flexibility index (Phi) is 4.47. The average Bonchev–Trinajstić information content (AvgIpc) is 3.07. The lowest BCUT2D eigenvalue weighted by atomic mass is 10.1. The summed E-state index contributed by atoms with van der Waals surface area (Å²) in [7, 11) is 0.710. The molecule has 2 aromatic heterocycles. The summed E-state index contributed by atoms with van der Waals surface area (Å²) in [6.45, 7) is 0. The molecule has 0 fully saturated rings. The van der Waals surface area contributed by atoms with Crippen LogP contribution in [0.5, 0.6) is 11.5 Å². The molecule has 0 aliphatic rings. The number of nitrogens with zero attached hydrogens (tertiary/aromatic N) is 2. The predicted molar refractivity (Wildman–Crippen MR) is 91.9 cm³/mol. The molecule has 3 rings (SSSR count). The fraction of sp³-hybridized carbons (Fsp3) is 0.200. The third-order valence-electron chi connectivity index (χ3n) is 3.52. The van der Waals surface area contributed by atoms with Gasteiger partial charge < -0.3 is 13.9 Å². The van der Waals surface area contributed by atoms with Crippen molar-refractivity contribution in [3.8, 4) is 22.8 Å². The van der Waals surface area contributed by atoms with Gasteiger partial charge >= 0.3 is 10.2 Å². The number of hydrogen-bond donors (Lipinski definition) is 2. The number of aromatic nitrogens is 2. The van der Waals surface area contributed by atoms with Gasteiger partial charge in [0.2, 0.25) is 5.88 Å². The smallest absolute Gasteiger partial charge is 0.301 e. The average molecular weight is 364 g/mol. The van der Waals surface area contributed by atoms with Gasteiger partial charge in [0.05, 0.1) is 25.4 Å². The Bertz CT molecular complexity index is 1020. The fourth-order valence-corrected chi connectivity index (χ4v) is 2.78. The fourth-order valence-electron chi connectivity index (χ4n) is 2.31. The second kappa shape index (κ2) is 6.57. The van der Waals surface area contributed by atoms with E-state index in [9.17, 15) is 8.42 Å². The highest BCUT2D eigenvalue weighted by atomic mass is 32.2. The Morgan fingerprint density at radius 3 is 2.48 bits per heavy atom. The minimum atomic E-state index is -3.67. The van der Waals surface area contributed by atoms with Crippen LogP contribution in [0.15, 0.2) is 35.2 Å². The van der Waals surface area contributed by atoms with Crippen molar-refractivity contribution in [2.24, 2.45) is 0 Å². The van der Waals surface area contributed by atoms with Crippen molar-refractivity contribution in [1.29, 1.82) is 0 Å². The van der Waals surface area contributed by atoms with E-state index in [1.165, 1.54) is 32.8 Å². The molecule has 0 aliphatic heterocycles. The monoisotopic (exact) mass is 364 g/mol. The van der Waals surface area contributed by atoms with Crippen molar-refractivity contribution in [2.45, 2.75) is 0 Å². The van der Waals surface area contributed by atoms with Crippen LogP contribution >= 0.6 is 0 Å². The SMILES string of the molecule is CNS(=O)(=O)Nc1cc(-c2ncnc3cc(OC)c(OC)cc23)co1. The molecular formula is C15H16N4O5S. The molecule has 0 spiro atoms. The van der Waals surface area contributed by atoms with E-state index in [0.29, 0.717) is 33.7 Å². The quantitative estimate of drug-likeness (QED) is 0.685. The highest BCUT2D eigenvalue weighted by Gasteiger charge is 2.15. The van der Waals surface area contributed by atoms with Crippen LogP contribution in [-0.2, 0) is 10.2 Å². The maximum absolute atomic E-state index is 11.5. The minimum absolute atomic E-state index is 0.0663. The molecule has 2 heterocycles. The zero-order valence-corrected chi connectivity index (χ0v) is 14.5. The summed E-state index contributed by atoms with van der Waals surface area (Å²) in [5.74, 6) is 1.15. The molecule has 2 N–H and O–H groups in total. The lowest BCUT2D eigenvalue weighted by Gasteiger charge is -2.10. The summed E-state index contributed by atoms with van der Waals surface area (Å²) >= 11 is 0. The van der Waals surface area contributed by atoms with Crippen LogP contribution < -0.4 is 18.9 Å². The van der Waals surface area contributed by atoms with Crippen molar-refractivity contribution < 1.29 is 22.3 Å². The van der Waals surface area contributed by atoms with E-state index < -0.39 is 10.2 Å². The van der Waals surface area contributed by atoms with E-state index in [-0.39, 0.29) is 5.88 Å². The lowest BCUT2D eigenvalue weighted by molar-refractivity contribution is 0.356. The van der Waals surface area contributed by atoms with E-state index in [4.69, 9.17) is 13.9 Å². The summed E-state index contributed by atoms with van der Waals surface area (Å²) in [4.78, 5) is 8.51. The van der Waals surface area contributed by atoms with Crippen molar-refractivity contribution in [2.75, 3.05) is 26.0 Å². The molecule has 1 aromatic carbocycles. The van der Waals surface area contributed by atoms with E-state index in [2.05, 4.69) is 19.4 Å². The topological polar surface area (TPSA) is 116 Å². The van der Waals surface area contributed by atoms with Gasteiger partial charge in [-0.25, -0.2) is 19.4 Å². The number of benzene rings is 1. The van der Waals surface area contributed by atoms with Gasteiger partial charge in [-0.3, -0.25) is 0 Å². The van der Waals surface area contributed by atoms with Crippen LogP contribution in [0, 0.1) is 0 Å². The predicted octanol–water partition coefficient (Wildman–Crippen LogP) is 1.78. The first kappa shape index (κ1) is 17.0. The lowest BCUT2D eigenvalue weighted by Crippen LogP contribution is -2.26. The summed E-state index contributed by atoms with van der Waals surface area (Å²) in [6, 6.07) is 5.03. The minimum Gasteiger partial charge on any atom is -0.493 e. The number of furan rings is 1. The number of rotatable bonds is 6. The molecule has 0 radical (unpaired) electrons. The van der Waals surface area contributed by atoms with Crippen LogP contribution in [0.4, 0.5) is 5.88 Å². The summed E-state index contributed by atoms with van der Waals surface area (Å²) in [6.07, 6.45) is 2.82. The zero-order chi connectivity index (χ0) is 18.0. The zero-order valence-electron chi connectivity index (χ0n) is 13.7. The standard InChI is InChI=1S/C15H16N4O5S/c1-16-25(20,21)19-14-4-9(7-24-14)15-10-5-12(22-2)13(23-3)6-11(10)17-8-18-15/h4-8,16,19H,1-3H3. The van der Waals surface area contributed by atoms with Crippen LogP contribution in [0.3, 0.4) is 0 Å². The van der Waals surface area contributed by atoms with Gasteiger partial charge in [-0.05, 0) is 6.07 Å². The van der Waals surface area contributed by atoms with E-state index in [1.807, 2.05) is 0 Å². The summed E-state index contributed by atoms with van der Waals surface area (Å²) < 4.78 is 43.3. The summed E-state index contributed by atoms with van der Waals surface area (Å²) in [5, 5.41) is 0.712. The van der Waals surface area contributed by atoms with Gasteiger partial charge in [0.15, 0.2) is 11.5 Å². The largest absolute Gasteiger partial charge is 0.493 e. The van der Waals surface area contributed by atoms with Crippen molar-refractivity contribution in [1.82, 2.24) is 14.7 Å². The molecule has 0 amide bonds.